The van der Waals surface area contributed by atoms with Gasteiger partial charge in [0.25, 0.3) is 11.8 Å². The van der Waals surface area contributed by atoms with Gasteiger partial charge in [0.2, 0.25) is 0 Å². The average Bonchev–Trinajstić information content (AvgIpc) is 2.80. The van der Waals surface area contributed by atoms with Gasteiger partial charge in [-0.2, -0.15) is 0 Å². The van der Waals surface area contributed by atoms with Crippen LogP contribution in [0.4, 0.5) is 11.4 Å². The zero-order valence-electron chi connectivity index (χ0n) is 18.0. The number of hydrogen-bond donors (Lipinski definition) is 1. The molecule has 0 fully saturated rings. The topological polar surface area (TPSA) is 77.1 Å². The van der Waals surface area contributed by atoms with Gasteiger partial charge < -0.3 is 24.4 Å². The number of nitrogens with zero attached hydrogens (tertiary/aromatic N) is 1. The fourth-order valence-electron chi connectivity index (χ4n) is 3.39. The van der Waals surface area contributed by atoms with Crippen LogP contribution in [0.5, 0.6) is 17.2 Å². The molecule has 0 aliphatic carbocycles. The van der Waals surface area contributed by atoms with Crippen molar-refractivity contribution >= 4 is 34.8 Å². The largest absolute Gasteiger partial charge is 0.492 e. The maximum Gasteiger partial charge on any atom is 0.265 e. The minimum Gasteiger partial charge on any atom is -0.492 e. The number of amides is 2. The zero-order valence-corrected chi connectivity index (χ0v) is 18.8. The van der Waals surface area contributed by atoms with Gasteiger partial charge in [-0.05, 0) is 55.0 Å². The van der Waals surface area contributed by atoms with Gasteiger partial charge in [-0.25, -0.2) is 0 Å². The molecule has 1 heterocycles. The van der Waals surface area contributed by atoms with E-state index in [0.29, 0.717) is 41.0 Å². The molecule has 0 atom stereocenters. The smallest absolute Gasteiger partial charge is 0.265 e. The van der Waals surface area contributed by atoms with E-state index in [1.807, 2.05) is 31.2 Å². The van der Waals surface area contributed by atoms with Gasteiger partial charge >= 0.3 is 0 Å². The van der Waals surface area contributed by atoms with Crippen LogP contribution in [-0.2, 0) is 9.59 Å². The first kappa shape index (κ1) is 22.5. The first-order chi connectivity index (χ1) is 16.0. The first-order valence-corrected chi connectivity index (χ1v) is 10.8. The van der Waals surface area contributed by atoms with E-state index in [0.717, 1.165) is 11.3 Å². The third-order valence-corrected chi connectivity index (χ3v) is 5.27. The molecule has 7 nitrogen and oxygen atoms in total. The van der Waals surface area contributed by atoms with Crippen LogP contribution >= 0.6 is 11.6 Å². The lowest BCUT2D eigenvalue weighted by Crippen LogP contribution is -2.41. The van der Waals surface area contributed by atoms with Gasteiger partial charge in [0, 0.05) is 5.69 Å². The molecule has 4 rings (SSSR count). The molecule has 33 heavy (non-hydrogen) atoms. The normalized spacial score (nSPS) is 12.5. The van der Waals surface area contributed by atoms with Crippen molar-refractivity contribution in [3.8, 4) is 17.2 Å². The molecular formula is C25H23ClN2O5. The SMILES string of the molecule is Cc1cccc(OCCN2C(=O)COc3ccc(NC(=O)COc4ccccc4Cl)cc32)c1. The second-order valence-corrected chi connectivity index (χ2v) is 7.86. The van der Waals surface area contributed by atoms with Crippen LogP contribution in [0.1, 0.15) is 5.56 Å². The predicted octanol–water partition coefficient (Wildman–Crippen LogP) is 4.47. The average molecular weight is 467 g/mol. The number of nitrogens with one attached hydrogen (secondary N) is 1. The molecule has 1 aliphatic rings. The highest BCUT2D eigenvalue weighted by Gasteiger charge is 2.26. The second-order valence-electron chi connectivity index (χ2n) is 7.45. The van der Waals surface area contributed by atoms with Crippen molar-refractivity contribution in [2.75, 3.05) is 36.6 Å². The molecule has 2 amide bonds. The molecule has 0 saturated heterocycles. The Morgan fingerprint density at radius 2 is 1.94 bits per heavy atom. The summed E-state index contributed by atoms with van der Waals surface area (Å²) in [6.45, 7) is 2.40. The summed E-state index contributed by atoms with van der Waals surface area (Å²) in [5.41, 5.74) is 2.19. The third kappa shape index (κ3) is 5.75. The van der Waals surface area contributed by atoms with Crippen LogP contribution in [-0.4, -0.2) is 38.2 Å². The van der Waals surface area contributed by atoms with Crippen LogP contribution in [0.15, 0.2) is 66.7 Å². The predicted molar refractivity (Wildman–Crippen MR) is 127 cm³/mol. The number of anilines is 2. The van der Waals surface area contributed by atoms with Gasteiger partial charge in [0.15, 0.2) is 13.2 Å². The van der Waals surface area contributed by atoms with E-state index in [9.17, 15) is 9.59 Å². The Morgan fingerprint density at radius 3 is 2.76 bits per heavy atom. The van der Waals surface area contributed by atoms with Crippen LogP contribution in [0.3, 0.4) is 0 Å². The van der Waals surface area contributed by atoms with E-state index in [1.165, 1.54) is 0 Å². The van der Waals surface area contributed by atoms with Crippen molar-refractivity contribution in [3.05, 3.63) is 77.3 Å². The fraction of sp³-hybridized carbons (Fsp3) is 0.200. The number of ether oxygens (including phenoxy) is 3. The summed E-state index contributed by atoms with van der Waals surface area (Å²) in [6, 6.07) is 19.8. The quantitative estimate of drug-likeness (QED) is 0.530. The van der Waals surface area contributed by atoms with Crippen LogP contribution in [0.2, 0.25) is 5.02 Å². The van der Waals surface area contributed by atoms with E-state index in [4.69, 9.17) is 25.8 Å². The van der Waals surface area contributed by atoms with E-state index in [-0.39, 0.29) is 25.0 Å². The summed E-state index contributed by atoms with van der Waals surface area (Å²) < 4.78 is 16.8. The summed E-state index contributed by atoms with van der Waals surface area (Å²) in [6.07, 6.45) is 0. The van der Waals surface area contributed by atoms with Crippen molar-refractivity contribution in [2.45, 2.75) is 6.92 Å². The number of aryl methyl sites for hydroxylation is 1. The molecule has 170 valence electrons. The zero-order chi connectivity index (χ0) is 23.2. The number of carbonyl (C=O) groups is 2. The molecule has 0 spiro atoms. The van der Waals surface area contributed by atoms with Crippen LogP contribution in [0, 0.1) is 6.92 Å². The highest BCUT2D eigenvalue weighted by molar-refractivity contribution is 6.32. The Kier molecular flexibility index (Phi) is 7.00. The lowest BCUT2D eigenvalue weighted by atomic mass is 10.2. The molecule has 1 aliphatic heterocycles. The minimum absolute atomic E-state index is 0.0468. The molecule has 0 radical (unpaired) electrons. The van der Waals surface area contributed by atoms with Gasteiger partial charge in [0.05, 0.1) is 17.3 Å². The molecule has 0 unspecified atom stereocenters. The molecule has 3 aromatic carbocycles. The van der Waals surface area contributed by atoms with Crippen molar-refractivity contribution in [1.29, 1.82) is 0 Å². The molecule has 0 saturated carbocycles. The minimum atomic E-state index is -0.354. The van der Waals surface area contributed by atoms with Gasteiger partial charge in [-0.15, -0.1) is 0 Å². The summed E-state index contributed by atoms with van der Waals surface area (Å²) in [4.78, 5) is 26.5. The van der Waals surface area contributed by atoms with E-state index in [2.05, 4.69) is 5.32 Å². The third-order valence-electron chi connectivity index (χ3n) is 4.95. The summed E-state index contributed by atoms with van der Waals surface area (Å²) in [5, 5.41) is 3.20. The van der Waals surface area contributed by atoms with Crippen molar-refractivity contribution in [2.24, 2.45) is 0 Å². The van der Waals surface area contributed by atoms with E-state index < -0.39 is 0 Å². The van der Waals surface area contributed by atoms with E-state index in [1.54, 1.807) is 47.4 Å². The first-order valence-electron chi connectivity index (χ1n) is 10.4. The number of hydrogen-bond acceptors (Lipinski definition) is 5. The highest BCUT2D eigenvalue weighted by atomic mass is 35.5. The molecule has 3 aromatic rings. The standard InChI is InChI=1S/C25H23ClN2O5/c1-17-5-4-6-19(13-17)31-12-11-28-21-14-18(9-10-23(21)33-16-25(28)30)27-24(29)15-32-22-8-3-2-7-20(22)26/h2-10,13-14H,11-12,15-16H2,1H3,(H,27,29). The van der Waals surface area contributed by atoms with Crippen molar-refractivity contribution in [3.63, 3.8) is 0 Å². The Balaban J connectivity index is 1.39. The lowest BCUT2D eigenvalue weighted by Gasteiger charge is -2.29. The fourth-order valence-corrected chi connectivity index (χ4v) is 3.58. The molecule has 8 heteroatoms. The molecule has 0 aromatic heterocycles. The van der Waals surface area contributed by atoms with Gasteiger partial charge in [-0.3, -0.25) is 9.59 Å². The number of carbonyl (C=O) groups excluding carboxylic acids is 2. The maximum atomic E-state index is 12.5. The van der Waals surface area contributed by atoms with Crippen molar-refractivity contribution < 1.29 is 23.8 Å². The summed E-state index contributed by atoms with van der Waals surface area (Å²) in [5.74, 6) is 1.21. The summed E-state index contributed by atoms with van der Waals surface area (Å²) >= 11 is 6.05. The molecule has 0 bridgehead atoms. The maximum absolute atomic E-state index is 12.5. The Hall–Kier alpha value is -3.71. The molecule has 1 N–H and O–H groups in total. The number of para-hydroxylation sites is 1. The Bertz CT molecular complexity index is 1170. The molecular weight excluding hydrogens is 444 g/mol. The van der Waals surface area contributed by atoms with Gasteiger partial charge in [0.1, 0.15) is 23.9 Å². The van der Waals surface area contributed by atoms with Gasteiger partial charge in [-0.1, -0.05) is 35.9 Å². The second kappa shape index (κ2) is 10.3. The number of halogens is 1. The lowest BCUT2D eigenvalue weighted by molar-refractivity contribution is -0.121. The number of benzene rings is 3. The number of fused-ring (bicyclic) bond motifs is 1. The Labute approximate surface area is 196 Å². The highest BCUT2D eigenvalue weighted by Crippen LogP contribution is 2.34. The van der Waals surface area contributed by atoms with Crippen LogP contribution < -0.4 is 24.4 Å². The number of rotatable bonds is 8. The van der Waals surface area contributed by atoms with Crippen LogP contribution in [0.25, 0.3) is 0 Å². The summed E-state index contributed by atoms with van der Waals surface area (Å²) in [7, 11) is 0. The monoisotopic (exact) mass is 466 g/mol. The van der Waals surface area contributed by atoms with Crippen molar-refractivity contribution in [1.82, 2.24) is 0 Å². The Morgan fingerprint density at radius 1 is 1.09 bits per heavy atom. The van der Waals surface area contributed by atoms with E-state index >= 15 is 0 Å².